The lowest BCUT2D eigenvalue weighted by atomic mass is 10.2. The minimum atomic E-state index is -0.548. The van der Waals surface area contributed by atoms with Crippen LogP contribution in [-0.2, 0) is 0 Å². The number of carbonyl (C=O) groups is 1. The molecule has 19 heavy (non-hydrogen) atoms. The Labute approximate surface area is 114 Å². The number of alkyl halides is 1. The topological polar surface area (TPSA) is 22.0 Å². The third kappa shape index (κ3) is 2.40. The summed E-state index contributed by atoms with van der Waals surface area (Å²) < 4.78 is 28.6. The molecule has 1 aromatic heterocycles. The Morgan fingerprint density at radius 3 is 2.58 bits per heavy atom. The van der Waals surface area contributed by atoms with E-state index in [0.717, 1.165) is 18.2 Å². The first-order chi connectivity index (χ1) is 8.95. The normalized spacial score (nSPS) is 10.8. The first kappa shape index (κ1) is 13.7. The van der Waals surface area contributed by atoms with Gasteiger partial charge in [-0.15, -0.1) is 11.6 Å². The van der Waals surface area contributed by atoms with Crippen LogP contribution < -0.4 is 0 Å². The maximum atomic E-state index is 13.8. The largest absolute Gasteiger partial charge is 0.315 e. The van der Waals surface area contributed by atoms with Crippen LogP contribution in [0, 0.1) is 25.5 Å². The summed E-state index contributed by atoms with van der Waals surface area (Å²) in [5, 5.41) is 0. The minimum absolute atomic E-state index is 0.0867. The molecule has 0 N–H and O–H groups in total. The van der Waals surface area contributed by atoms with Crippen LogP contribution in [0.25, 0.3) is 5.69 Å². The number of carbonyl (C=O) groups excluding carboxylic acids is 1. The summed E-state index contributed by atoms with van der Waals surface area (Å²) in [6.45, 7) is 3.40. The molecule has 0 amide bonds. The number of Topliss-reactive ketones (excluding diaryl/α,β-unsaturated/α-hetero) is 1. The van der Waals surface area contributed by atoms with Crippen molar-refractivity contribution in [2.75, 3.05) is 5.88 Å². The molecule has 0 aliphatic heterocycles. The van der Waals surface area contributed by atoms with Crippen molar-refractivity contribution in [2.45, 2.75) is 13.8 Å². The highest BCUT2D eigenvalue weighted by Gasteiger charge is 2.18. The fraction of sp³-hybridized carbons (Fsp3) is 0.214. The first-order valence-electron chi connectivity index (χ1n) is 5.69. The van der Waals surface area contributed by atoms with E-state index in [2.05, 4.69) is 0 Å². The van der Waals surface area contributed by atoms with Crippen LogP contribution in [0.3, 0.4) is 0 Å². The summed E-state index contributed by atoms with van der Waals surface area (Å²) in [6.07, 6.45) is 0. The van der Waals surface area contributed by atoms with E-state index in [1.54, 1.807) is 19.9 Å². The number of ketones is 1. The summed E-state index contributed by atoms with van der Waals surface area (Å²) in [4.78, 5) is 11.7. The van der Waals surface area contributed by atoms with Crippen molar-refractivity contribution < 1.29 is 13.6 Å². The molecule has 0 bridgehead atoms. The second kappa shape index (κ2) is 5.13. The highest BCUT2D eigenvalue weighted by Crippen LogP contribution is 2.24. The Bertz CT molecular complexity index is 649. The summed E-state index contributed by atoms with van der Waals surface area (Å²) in [5.74, 6) is -1.46. The molecule has 2 aromatic rings. The third-order valence-electron chi connectivity index (χ3n) is 3.00. The zero-order chi connectivity index (χ0) is 14.2. The molecule has 0 saturated carbocycles. The van der Waals surface area contributed by atoms with Gasteiger partial charge in [0.2, 0.25) is 0 Å². The van der Waals surface area contributed by atoms with Crippen molar-refractivity contribution in [3.8, 4) is 5.69 Å². The van der Waals surface area contributed by atoms with E-state index in [1.807, 2.05) is 0 Å². The Morgan fingerprint density at radius 2 is 1.95 bits per heavy atom. The van der Waals surface area contributed by atoms with Crippen molar-refractivity contribution >= 4 is 17.4 Å². The van der Waals surface area contributed by atoms with Gasteiger partial charge in [-0.2, -0.15) is 0 Å². The van der Waals surface area contributed by atoms with Crippen molar-refractivity contribution in [1.82, 2.24) is 4.57 Å². The molecule has 0 aliphatic rings. The second-order valence-corrected chi connectivity index (χ2v) is 4.54. The van der Waals surface area contributed by atoms with Crippen molar-refractivity contribution in [2.24, 2.45) is 0 Å². The van der Waals surface area contributed by atoms with Crippen LogP contribution in [-0.4, -0.2) is 16.2 Å². The van der Waals surface area contributed by atoms with Gasteiger partial charge in [0, 0.05) is 23.0 Å². The molecule has 2 rings (SSSR count). The molecule has 0 spiro atoms. The molecular formula is C14H12ClF2NO. The Kier molecular flexibility index (Phi) is 3.71. The van der Waals surface area contributed by atoms with Gasteiger partial charge in [0.15, 0.2) is 5.78 Å². The number of aryl methyl sites for hydroxylation is 1. The summed E-state index contributed by atoms with van der Waals surface area (Å²) >= 11 is 5.53. The average molecular weight is 284 g/mol. The molecule has 0 unspecified atom stereocenters. The molecular weight excluding hydrogens is 272 g/mol. The number of hydrogen-bond donors (Lipinski definition) is 0. The average Bonchev–Trinajstić information content (AvgIpc) is 2.67. The molecule has 2 nitrogen and oxygen atoms in total. The molecule has 0 saturated heterocycles. The van der Waals surface area contributed by atoms with Gasteiger partial charge < -0.3 is 4.57 Å². The SMILES string of the molecule is Cc1cc(C(=O)CCl)c(C)n1-c1cc(F)ccc1F. The van der Waals surface area contributed by atoms with Gasteiger partial charge in [-0.05, 0) is 32.0 Å². The zero-order valence-corrected chi connectivity index (χ0v) is 11.3. The Morgan fingerprint density at radius 1 is 1.26 bits per heavy atom. The molecule has 1 aromatic carbocycles. The van der Waals surface area contributed by atoms with E-state index in [9.17, 15) is 13.6 Å². The lowest BCUT2D eigenvalue weighted by molar-refractivity contribution is 0.102. The monoisotopic (exact) mass is 283 g/mol. The van der Waals surface area contributed by atoms with E-state index < -0.39 is 11.6 Å². The van der Waals surface area contributed by atoms with Gasteiger partial charge in [0.1, 0.15) is 11.6 Å². The molecule has 0 fully saturated rings. The van der Waals surface area contributed by atoms with Gasteiger partial charge in [-0.3, -0.25) is 4.79 Å². The lowest BCUT2D eigenvalue weighted by Crippen LogP contribution is -2.06. The fourth-order valence-electron chi connectivity index (χ4n) is 2.14. The second-order valence-electron chi connectivity index (χ2n) is 4.27. The highest BCUT2D eigenvalue weighted by atomic mass is 35.5. The summed E-state index contributed by atoms with van der Waals surface area (Å²) in [7, 11) is 0. The predicted molar refractivity (Wildman–Crippen MR) is 70.2 cm³/mol. The number of benzene rings is 1. The van der Waals surface area contributed by atoms with Crippen LogP contribution in [0.2, 0.25) is 0 Å². The van der Waals surface area contributed by atoms with Crippen molar-refractivity contribution in [3.63, 3.8) is 0 Å². The number of aromatic nitrogens is 1. The van der Waals surface area contributed by atoms with Gasteiger partial charge >= 0.3 is 0 Å². The third-order valence-corrected chi connectivity index (χ3v) is 3.24. The Balaban J connectivity index is 2.66. The number of halogens is 3. The number of hydrogen-bond acceptors (Lipinski definition) is 1. The smallest absolute Gasteiger partial charge is 0.179 e. The Hall–Kier alpha value is -1.68. The van der Waals surface area contributed by atoms with E-state index in [4.69, 9.17) is 11.6 Å². The van der Waals surface area contributed by atoms with E-state index in [0.29, 0.717) is 17.0 Å². The molecule has 1 heterocycles. The maximum Gasteiger partial charge on any atom is 0.179 e. The van der Waals surface area contributed by atoms with E-state index in [1.165, 1.54) is 4.57 Å². The molecule has 5 heteroatoms. The lowest BCUT2D eigenvalue weighted by Gasteiger charge is -2.11. The molecule has 0 atom stereocenters. The number of rotatable bonds is 3. The van der Waals surface area contributed by atoms with E-state index in [-0.39, 0.29) is 17.4 Å². The standard InChI is InChI=1S/C14H12ClF2NO/c1-8-5-11(14(19)7-15)9(2)18(8)13-6-10(16)3-4-12(13)17/h3-6H,7H2,1-2H3. The first-order valence-corrected chi connectivity index (χ1v) is 6.22. The highest BCUT2D eigenvalue weighted by molar-refractivity contribution is 6.30. The molecule has 100 valence electrons. The van der Waals surface area contributed by atoms with Gasteiger partial charge in [0.05, 0.1) is 11.6 Å². The van der Waals surface area contributed by atoms with Crippen LogP contribution in [0.1, 0.15) is 21.7 Å². The molecule has 0 aliphatic carbocycles. The van der Waals surface area contributed by atoms with Crippen LogP contribution >= 0.6 is 11.6 Å². The minimum Gasteiger partial charge on any atom is -0.315 e. The zero-order valence-electron chi connectivity index (χ0n) is 10.5. The summed E-state index contributed by atoms with van der Waals surface area (Å²) in [5.41, 5.74) is 1.71. The van der Waals surface area contributed by atoms with Crippen LogP contribution in [0.4, 0.5) is 8.78 Å². The van der Waals surface area contributed by atoms with Crippen LogP contribution in [0.5, 0.6) is 0 Å². The summed E-state index contributed by atoms with van der Waals surface area (Å²) in [6, 6.07) is 4.85. The van der Waals surface area contributed by atoms with Crippen molar-refractivity contribution in [3.05, 3.63) is 52.9 Å². The fourth-order valence-corrected chi connectivity index (χ4v) is 2.29. The quantitative estimate of drug-likeness (QED) is 0.620. The molecule has 0 radical (unpaired) electrons. The maximum absolute atomic E-state index is 13.8. The predicted octanol–water partition coefficient (Wildman–Crippen LogP) is 3.79. The van der Waals surface area contributed by atoms with Gasteiger partial charge in [-0.25, -0.2) is 8.78 Å². The van der Waals surface area contributed by atoms with Gasteiger partial charge in [-0.1, -0.05) is 0 Å². The van der Waals surface area contributed by atoms with Crippen molar-refractivity contribution in [1.29, 1.82) is 0 Å². The van der Waals surface area contributed by atoms with Gasteiger partial charge in [0.25, 0.3) is 0 Å². The van der Waals surface area contributed by atoms with Crippen LogP contribution in [0.15, 0.2) is 24.3 Å². The van der Waals surface area contributed by atoms with E-state index >= 15 is 0 Å². The number of nitrogens with zero attached hydrogens (tertiary/aromatic N) is 1.